The first-order valence-corrected chi connectivity index (χ1v) is 10.3. The van der Waals surface area contributed by atoms with Crippen LogP contribution in [-0.4, -0.2) is 39.5 Å². The van der Waals surface area contributed by atoms with Gasteiger partial charge in [-0.1, -0.05) is 6.92 Å². The first kappa shape index (κ1) is 21.9. The number of halogens is 3. The molecule has 1 atom stereocenters. The van der Waals surface area contributed by atoms with Crippen LogP contribution in [0.15, 0.2) is 55.2 Å². The number of aromatic nitrogens is 3. The maximum absolute atomic E-state index is 12.8. The zero-order valence-corrected chi connectivity index (χ0v) is 17.9. The summed E-state index contributed by atoms with van der Waals surface area (Å²) < 4.78 is 29.7. The first-order chi connectivity index (χ1) is 15.3. The third-order valence-corrected chi connectivity index (χ3v) is 5.15. The van der Waals surface area contributed by atoms with E-state index in [0.717, 1.165) is 36.5 Å². The van der Waals surface area contributed by atoms with Gasteiger partial charge in [-0.15, -0.1) is 8.78 Å². The van der Waals surface area contributed by atoms with E-state index in [-0.39, 0.29) is 5.75 Å². The van der Waals surface area contributed by atoms with Crippen LogP contribution in [0, 0.1) is 5.92 Å². The van der Waals surface area contributed by atoms with Crippen LogP contribution in [0.5, 0.6) is 5.75 Å². The average molecular weight is 460 g/mol. The van der Waals surface area contributed by atoms with E-state index in [1.807, 2.05) is 0 Å². The van der Waals surface area contributed by atoms with Gasteiger partial charge in [-0.2, -0.15) is 0 Å². The highest BCUT2D eigenvalue weighted by molar-refractivity contribution is 6.20. The number of hydrogen-bond donors (Lipinski definition) is 1. The minimum absolute atomic E-state index is 0.125. The molecule has 0 bridgehead atoms. The summed E-state index contributed by atoms with van der Waals surface area (Å²) in [5, 5.41) is 2.72. The molecule has 4 rings (SSSR count). The highest BCUT2D eigenvalue weighted by Crippen LogP contribution is 2.32. The van der Waals surface area contributed by atoms with Gasteiger partial charge in [0.1, 0.15) is 17.9 Å². The molecule has 0 saturated carbocycles. The Bertz CT molecular complexity index is 1090. The van der Waals surface area contributed by atoms with E-state index >= 15 is 0 Å². The van der Waals surface area contributed by atoms with Crippen LogP contribution < -0.4 is 15.0 Å². The molecule has 7 nitrogen and oxygen atoms in total. The molecule has 1 aliphatic heterocycles. The second-order valence-corrected chi connectivity index (χ2v) is 8.03. The fourth-order valence-electron chi connectivity index (χ4n) is 3.55. The van der Waals surface area contributed by atoms with Gasteiger partial charge >= 0.3 is 5.57 Å². The molecule has 1 saturated heterocycles. The Morgan fingerprint density at radius 3 is 2.56 bits per heavy atom. The van der Waals surface area contributed by atoms with E-state index in [1.54, 1.807) is 18.5 Å². The zero-order chi connectivity index (χ0) is 22.7. The lowest BCUT2D eigenvalue weighted by atomic mass is 10.1. The number of carbonyl (C=O) groups is 1. The van der Waals surface area contributed by atoms with E-state index < -0.39 is 11.5 Å². The molecule has 1 fully saturated rings. The van der Waals surface area contributed by atoms with Gasteiger partial charge in [0.15, 0.2) is 0 Å². The summed E-state index contributed by atoms with van der Waals surface area (Å²) in [5.74, 6) is 0.822. The molecule has 0 aliphatic carbocycles. The van der Waals surface area contributed by atoms with Crippen LogP contribution in [0.2, 0.25) is 0 Å². The van der Waals surface area contributed by atoms with Crippen LogP contribution in [0.1, 0.15) is 23.7 Å². The van der Waals surface area contributed by atoms with Crippen molar-refractivity contribution in [3.05, 3.63) is 60.8 Å². The van der Waals surface area contributed by atoms with Crippen LogP contribution in [0.25, 0.3) is 11.1 Å². The van der Waals surface area contributed by atoms with Gasteiger partial charge in [-0.3, -0.25) is 4.79 Å². The monoisotopic (exact) mass is 459 g/mol. The maximum Gasteiger partial charge on any atom is 0.487 e. The number of amides is 1. The third kappa shape index (κ3) is 5.28. The van der Waals surface area contributed by atoms with Gasteiger partial charge in [0.2, 0.25) is 0 Å². The van der Waals surface area contributed by atoms with E-state index in [2.05, 4.69) is 36.8 Å². The number of nitrogens with one attached hydrogen (secondary N) is 1. The number of carbonyl (C=O) groups excluding carboxylic acids is 1. The van der Waals surface area contributed by atoms with Gasteiger partial charge in [-0.25, -0.2) is 15.0 Å². The van der Waals surface area contributed by atoms with E-state index in [9.17, 15) is 13.6 Å². The van der Waals surface area contributed by atoms with E-state index in [0.29, 0.717) is 17.2 Å². The summed E-state index contributed by atoms with van der Waals surface area (Å²) in [6.07, 6.45) is 7.40. The van der Waals surface area contributed by atoms with Crippen molar-refractivity contribution >= 4 is 29.0 Å². The molecule has 3 aromatic rings. The number of ether oxygens (including phenoxy) is 1. The lowest BCUT2D eigenvalue weighted by molar-refractivity contribution is -0.0964. The minimum Gasteiger partial charge on any atom is -0.420 e. The number of rotatable bonds is 6. The number of pyridine rings is 1. The average Bonchev–Trinajstić information content (AvgIpc) is 3.20. The summed E-state index contributed by atoms with van der Waals surface area (Å²) in [6.45, 7) is 3.96. The normalized spacial score (nSPS) is 16.1. The zero-order valence-electron chi connectivity index (χ0n) is 17.1. The summed E-state index contributed by atoms with van der Waals surface area (Å²) in [5.41, 5.74) is -1.54. The van der Waals surface area contributed by atoms with Gasteiger partial charge in [0.25, 0.3) is 5.91 Å². The SMILES string of the molecule is C[C@@H]1CCN(c2ncc(C(=O)Nc3ccc(OC(F)(F)Cl)cc3)cc2-c2cncnc2)C1. The first-order valence-electron chi connectivity index (χ1n) is 9.96. The molecular weight excluding hydrogens is 440 g/mol. The quantitative estimate of drug-likeness (QED) is 0.533. The Labute approximate surface area is 188 Å². The number of hydrogen-bond acceptors (Lipinski definition) is 6. The van der Waals surface area contributed by atoms with Crippen LogP contribution in [0.4, 0.5) is 20.3 Å². The summed E-state index contributed by atoms with van der Waals surface area (Å²) in [4.78, 5) is 27.8. The van der Waals surface area contributed by atoms with Crippen LogP contribution in [-0.2, 0) is 0 Å². The summed E-state index contributed by atoms with van der Waals surface area (Å²) in [6, 6.07) is 7.21. The Hall–Kier alpha value is -3.33. The smallest absolute Gasteiger partial charge is 0.420 e. The lowest BCUT2D eigenvalue weighted by Gasteiger charge is -2.21. The van der Waals surface area contributed by atoms with Gasteiger partial charge < -0.3 is 15.0 Å². The van der Waals surface area contributed by atoms with Crippen molar-refractivity contribution in [1.29, 1.82) is 0 Å². The maximum atomic E-state index is 12.8. The molecule has 2 aromatic heterocycles. The molecule has 10 heteroatoms. The topological polar surface area (TPSA) is 80.2 Å². The molecule has 1 N–H and O–H groups in total. The lowest BCUT2D eigenvalue weighted by Crippen LogP contribution is -2.22. The highest BCUT2D eigenvalue weighted by Gasteiger charge is 2.27. The molecule has 0 spiro atoms. The van der Waals surface area contributed by atoms with E-state index in [4.69, 9.17) is 11.6 Å². The Balaban J connectivity index is 1.57. The number of alkyl halides is 3. The largest absolute Gasteiger partial charge is 0.487 e. The van der Waals surface area contributed by atoms with Crippen molar-refractivity contribution in [3.63, 3.8) is 0 Å². The van der Waals surface area contributed by atoms with Crippen molar-refractivity contribution < 1.29 is 18.3 Å². The summed E-state index contributed by atoms with van der Waals surface area (Å²) >= 11 is 4.76. The standard InChI is InChI=1S/C22H20ClF2N5O2/c1-14-6-7-30(12-14)20-19(16-9-26-13-27-10-16)8-15(11-28-20)21(31)29-17-2-4-18(5-3-17)32-22(23,24)25/h2-5,8-11,13-14H,6-7,12H2,1H3,(H,29,31)/t14-/m1/s1. The predicted molar refractivity (Wildman–Crippen MR) is 117 cm³/mol. The fraction of sp³-hybridized carbons (Fsp3) is 0.273. The van der Waals surface area contributed by atoms with Gasteiger partial charge in [0, 0.05) is 60.1 Å². The second kappa shape index (κ2) is 9.04. The van der Waals surface area contributed by atoms with Crippen molar-refractivity contribution in [3.8, 4) is 16.9 Å². The molecular formula is C22H20ClF2N5O2. The number of nitrogens with zero attached hydrogens (tertiary/aromatic N) is 4. The van der Waals surface area contributed by atoms with Crippen LogP contribution >= 0.6 is 11.6 Å². The van der Waals surface area contributed by atoms with Crippen molar-refractivity contribution in [2.75, 3.05) is 23.3 Å². The van der Waals surface area contributed by atoms with Gasteiger partial charge in [0.05, 0.1) is 5.56 Å². The van der Waals surface area contributed by atoms with Crippen molar-refractivity contribution in [2.45, 2.75) is 18.9 Å². The summed E-state index contributed by atoms with van der Waals surface area (Å²) in [7, 11) is 0. The Kier molecular flexibility index (Phi) is 6.18. The molecule has 32 heavy (non-hydrogen) atoms. The molecule has 166 valence electrons. The number of anilines is 2. The second-order valence-electron chi connectivity index (χ2n) is 7.59. The molecule has 3 heterocycles. The van der Waals surface area contributed by atoms with E-state index in [1.165, 1.54) is 36.8 Å². The van der Waals surface area contributed by atoms with Crippen LogP contribution in [0.3, 0.4) is 0 Å². The third-order valence-electron chi connectivity index (χ3n) is 5.07. The van der Waals surface area contributed by atoms with Crippen molar-refractivity contribution in [2.24, 2.45) is 5.92 Å². The molecule has 1 aliphatic rings. The molecule has 1 amide bonds. The minimum atomic E-state index is -3.80. The molecule has 0 unspecified atom stereocenters. The van der Waals surface area contributed by atoms with Gasteiger partial charge in [-0.05, 0) is 42.7 Å². The number of benzene rings is 1. The predicted octanol–water partition coefficient (Wildman–Crippen LogP) is 4.81. The molecule has 0 radical (unpaired) electrons. The molecule has 1 aromatic carbocycles. The highest BCUT2D eigenvalue weighted by atomic mass is 35.5. The Morgan fingerprint density at radius 1 is 1.22 bits per heavy atom. The Morgan fingerprint density at radius 2 is 1.94 bits per heavy atom. The fourth-order valence-corrected chi connectivity index (χ4v) is 3.64. The van der Waals surface area contributed by atoms with Crippen molar-refractivity contribution in [1.82, 2.24) is 15.0 Å².